The van der Waals surface area contributed by atoms with Crippen molar-refractivity contribution in [3.05, 3.63) is 73.7 Å². The molecule has 4 rings (SSSR count). The van der Waals surface area contributed by atoms with E-state index in [9.17, 15) is 13.6 Å². The first-order valence-corrected chi connectivity index (χ1v) is 14.4. The summed E-state index contributed by atoms with van der Waals surface area (Å²) in [7, 11) is 1.76. The van der Waals surface area contributed by atoms with E-state index in [1.165, 1.54) is 0 Å². The number of fused-ring (bicyclic) bond motifs is 1. The Kier molecular flexibility index (Phi) is 9.98. The number of rotatable bonds is 10. The second-order valence-corrected chi connectivity index (χ2v) is 12.2. The summed E-state index contributed by atoms with van der Waals surface area (Å²) in [6, 6.07) is 11.8. The molecule has 3 N–H and O–H groups in total. The number of benzene rings is 3. The number of alkyl halides is 2. The summed E-state index contributed by atoms with van der Waals surface area (Å²) < 4.78 is 33.3. The highest BCUT2D eigenvalue weighted by Gasteiger charge is 2.22. The number of ether oxygens (including phenoxy) is 1. The van der Waals surface area contributed by atoms with E-state index in [1.807, 2.05) is 20.8 Å². The summed E-state index contributed by atoms with van der Waals surface area (Å²) in [6.07, 6.45) is -2.65. The quantitative estimate of drug-likeness (QED) is 0.159. The van der Waals surface area contributed by atoms with Gasteiger partial charge in [-0.25, -0.2) is 13.8 Å². The average Bonchev–Trinajstić information content (AvgIpc) is 3.21. The van der Waals surface area contributed by atoms with Crippen LogP contribution < -0.4 is 20.7 Å². The Morgan fingerprint density at radius 2 is 1.74 bits per heavy atom. The minimum Gasteiger partial charge on any atom is -0.487 e. The van der Waals surface area contributed by atoms with Crippen molar-refractivity contribution in [3.8, 4) is 5.75 Å². The number of hydrogen-bond donors (Lipinski definition) is 3. The summed E-state index contributed by atoms with van der Waals surface area (Å²) in [5.74, 6) is 0.546. The lowest BCUT2D eigenvalue weighted by atomic mass is 9.95. The number of aromatic nitrogens is 2. The van der Waals surface area contributed by atoms with Crippen LogP contribution in [0.1, 0.15) is 31.9 Å². The van der Waals surface area contributed by atoms with Gasteiger partial charge in [0.15, 0.2) is 0 Å². The molecule has 0 radical (unpaired) electrons. The zero-order chi connectivity index (χ0) is 30.8. The van der Waals surface area contributed by atoms with Crippen LogP contribution in [-0.2, 0) is 24.9 Å². The first-order valence-electron chi connectivity index (χ1n) is 12.9. The molecule has 1 aromatic heterocycles. The van der Waals surface area contributed by atoms with Gasteiger partial charge < -0.3 is 25.3 Å². The molecule has 42 heavy (non-hydrogen) atoms. The number of amides is 1. The van der Waals surface area contributed by atoms with Gasteiger partial charge in [-0.2, -0.15) is 0 Å². The van der Waals surface area contributed by atoms with Crippen molar-refractivity contribution < 1.29 is 18.3 Å². The summed E-state index contributed by atoms with van der Waals surface area (Å²) in [6.45, 7) is 5.12. The molecule has 3 aromatic carbocycles. The van der Waals surface area contributed by atoms with Gasteiger partial charge in [0.25, 0.3) is 6.43 Å². The molecule has 1 amide bonds. The maximum absolute atomic E-state index is 13.1. The molecule has 1 heterocycles. The highest BCUT2D eigenvalue weighted by atomic mass is 35.5. The lowest BCUT2D eigenvalue weighted by Crippen LogP contribution is -2.34. The van der Waals surface area contributed by atoms with E-state index in [0.717, 1.165) is 0 Å². The monoisotopic (exact) mass is 657 g/mol. The molecule has 0 bridgehead atoms. The van der Waals surface area contributed by atoms with Crippen molar-refractivity contribution in [2.45, 2.75) is 40.3 Å². The minimum absolute atomic E-state index is 0.119. The van der Waals surface area contributed by atoms with Gasteiger partial charge in [0.2, 0.25) is 11.9 Å². The predicted molar refractivity (Wildman–Crippen MR) is 167 cm³/mol. The van der Waals surface area contributed by atoms with Crippen molar-refractivity contribution in [2.24, 2.45) is 12.5 Å². The molecule has 0 unspecified atom stereocenters. The molecule has 0 saturated carbocycles. The number of halogens is 6. The van der Waals surface area contributed by atoms with Gasteiger partial charge in [-0.1, -0.05) is 73.2 Å². The molecule has 4 aromatic rings. The van der Waals surface area contributed by atoms with Crippen LogP contribution >= 0.6 is 46.4 Å². The Morgan fingerprint density at radius 3 is 2.40 bits per heavy atom. The number of nitrogens with one attached hydrogen (secondary N) is 3. The third kappa shape index (κ3) is 7.50. The van der Waals surface area contributed by atoms with Crippen molar-refractivity contribution in [1.29, 1.82) is 0 Å². The topological polar surface area (TPSA) is 80.2 Å². The molecule has 13 heteroatoms. The molecule has 0 aliphatic carbocycles. The van der Waals surface area contributed by atoms with Gasteiger partial charge >= 0.3 is 0 Å². The van der Waals surface area contributed by atoms with Gasteiger partial charge in [-0.15, -0.1) is 0 Å². The highest BCUT2D eigenvalue weighted by Crippen LogP contribution is 2.37. The summed E-state index contributed by atoms with van der Waals surface area (Å²) in [5, 5.41) is 10.8. The number of carbonyl (C=O) groups is 1. The Bertz CT molecular complexity index is 1620. The number of anilines is 3. The van der Waals surface area contributed by atoms with E-state index in [2.05, 4.69) is 16.0 Å². The lowest BCUT2D eigenvalue weighted by Gasteiger charge is -2.19. The van der Waals surface area contributed by atoms with Crippen molar-refractivity contribution >= 4 is 80.7 Å². The molecule has 7 nitrogen and oxygen atoms in total. The van der Waals surface area contributed by atoms with Crippen LogP contribution in [0.3, 0.4) is 0 Å². The summed E-state index contributed by atoms with van der Waals surface area (Å²) >= 11 is 25.5. The smallest absolute Gasteiger partial charge is 0.272 e. The van der Waals surface area contributed by atoms with Crippen molar-refractivity contribution in [3.63, 3.8) is 0 Å². The van der Waals surface area contributed by atoms with Crippen LogP contribution in [0.5, 0.6) is 5.75 Å². The SMILES string of the molecule is Cn1c(Nc2c(Cl)ccc(CNC(=O)C(C)(C)C)c2Cl)nc2cc(CNc3ccc(Cl)cc3Cl)c(OCC(F)F)cc21. The largest absolute Gasteiger partial charge is 0.487 e. The van der Waals surface area contributed by atoms with E-state index in [4.69, 9.17) is 56.1 Å². The lowest BCUT2D eigenvalue weighted by molar-refractivity contribution is -0.128. The Morgan fingerprint density at radius 1 is 1.00 bits per heavy atom. The summed E-state index contributed by atoms with van der Waals surface area (Å²) in [4.78, 5) is 17.1. The molecular formula is C29H29Cl4F2N5O2. The van der Waals surface area contributed by atoms with Gasteiger partial charge in [-0.05, 0) is 35.9 Å². The Hall–Kier alpha value is -2.98. The van der Waals surface area contributed by atoms with Crippen LogP contribution in [-0.4, -0.2) is 28.5 Å². The third-order valence-electron chi connectivity index (χ3n) is 6.36. The average molecular weight is 659 g/mol. The number of nitrogens with zero attached hydrogens (tertiary/aromatic N) is 2. The molecule has 224 valence electrons. The normalized spacial score (nSPS) is 11.7. The summed E-state index contributed by atoms with van der Waals surface area (Å²) in [5.41, 5.74) is 2.92. The van der Waals surface area contributed by atoms with Crippen LogP contribution in [0.2, 0.25) is 20.1 Å². The number of aryl methyl sites for hydroxylation is 1. The maximum atomic E-state index is 13.1. The first-order chi connectivity index (χ1) is 19.7. The zero-order valence-electron chi connectivity index (χ0n) is 23.2. The minimum atomic E-state index is -2.65. The standard InChI is InChI=1S/C29H29Cl4F2N5O2/c1-29(2,3)27(41)37-12-15-5-7-18(31)26(25(15)33)39-28-38-21-9-16(13-36-20-8-6-17(30)10-19(20)32)23(42-14-24(34)35)11-22(21)40(28)4/h5-11,24,36H,12-14H2,1-4H3,(H,37,41)(H,38,39). The van der Waals surface area contributed by atoms with E-state index in [1.54, 1.807) is 54.1 Å². The van der Waals surface area contributed by atoms with Gasteiger partial charge in [0.05, 0.1) is 37.5 Å². The van der Waals surface area contributed by atoms with Crippen LogP contribution in [0.25, 0.3) is 11.0 Å². The predicted octanol–water partition coefficient (Wildman–Crippen LogP) is 8.85. The molecule has 0 fully saturated rings. The number of hydrogen-bond acceptors (Lipinski definition) is 5. The van der Waals surface area contributed by atoms with Crippen LogP contribution in [0, 0.1) is 5.41 Å². The number of imidazole rings is 1. The Balaban J connectivity index is 1.65. The van der Waals surface area contributed by atoms with Crippen LogP contribution in [0.15, 0.2) is 42.5 Å². The Labute approximate surface area is 262 Å². The first kappa shape index (κ1) is 31.9. The fraction of sp³-hybridized carbons (Fsp3) is 0.310. The van der Waals surface area contributed by atoms with Crippen LogP contribution in [0.4, 0.5) is 26.1 Å². The molecule has 0 spiro atoms. The molecule has 0 atom stereocenters. The van der Waals surface area contributed by atoms with Gasteiger partial charge in [-0.3, -0.25) is 4.79 Å². The second kappa shape index (κ2) is 13.1. The fourth-order valence-electron chi connectivity index (χ4n) is 4.02. The second-order valence-electron chi connectivity index (χ2n) is 10.6. The van der Waals surface area contributed by atoms with E-state index < -0.39 is 18.4 Å². The van der Waals surface area contributed by atoms with Crippen molar-refractivity contribution in [1.82, 2.24) is 14.9 Å². The van der Waals surface area contributed by atoms with E-state index in [0.29, 0.717) is 59.6 Å². The molecule has 0 saturated heterocycles. The maximum Gasteiger partial charge on any atom is 0.272 e. The number of carbonyl (C=O) groups excluding carboxylic acids is 1. The fourth-order valence-corrected chi connectivity index (χ4v) is 5.03. The zero-order valence-corrected chi connectivity index (χ0v) is 26.2. The molecule has 0 aliphatic heterocycles. The highest BCUT2D eigenvalue weighted by molar-refractivity contribution is 6.39. The molecule has 0 aliphatic rings. The van der Waals surface area contributed by atoms with Crippen molar-refractivity contribution in [2.75, 3.05) is 17.2 Å². The third-order valence-corrected chi connectivity index (χ3v) is 7.65. The van der Waals surface area contributed by atoms with E-state index in [-0.39, 0.29) is 24.7 Å². The van der Waals surface area contributed by atoms with E-state index >= 15 is 0 Å². The van der Waals surface area contributed by atoms with Gasteiger partial charge in [0.1, 0.15) is 12.4 Å². The molecular weight excluding hydrogens is 630 g/mol. The van der Waals surface area contributed by atoms with Gasteiger partial charge in [0, 0.05) is 42.2 Å².